The summed E-state index contributed by atoms with van der Waals surface area (Å²) >= 11 is 0. The standard InChI is InChI=1S/C19H23N5O4/c25-19(14-21-9-11-28-12-10-21)23-7-5-22(6-8-23)17-1-2-18(24(26)27)16-13-20-4-3-15(16)17/h1-4,13H,5-12,14H2. The molecule has 2 aromatic rings. The molecule has 0 radical (unpaired) electrons. The van der Waals surface area contributed by atoms with Gasteiger partial charge in [-0.05, 0) is 12.1 Å². The lowest BCUT2D eigenvalue weighted by atomic mass is 10.1. The number of hydrogen-bond acceptors (Lipinski definition) is 7. The number of morpholine rings is 1. The van der Waals surface area contributed by atoms with Crippen molar-refractivity contribution in [1.29, 1.82) is 0 Å². The van der Waals surface area contributed by atoms with Crippen molar-refractivity contribution >= 4 is 28.1 Å². The van der Waals surface area contributed by atoms with Crippen LogP contribution in [0.5, 0.6) is 0 Å². The van der Waals surface area contributed by atoms with Crippen LogP contribution >= 0.6 is 0 Å². The first kappa shape index (κ1) is 18.6. The lowest BCUT2D eigenvalue weighted by molar-refractivity contribution is -0.383. The molecule has 2 aliphatic rings. The van der Waals surface area contributed by atoms with E-state index in [4.69, 9.17) is 4.74 Å². The van der Waals surface area contributed by atoms with Gasteiger partial charge < -0.3 is 14.5 Å². The average molecular weight is 385 g/mol. The molecule has 1 aromatic carbocycles. The maximum absolute atomic E-state index is 12.6. The number of aromatic nitrogens is 1. The Kier molecular flexibility index (Phi) is 5.36. The van der Waals surface area contributed by atoms with E-state index in [1.54, 1.807) is 18.5 Å². The first-order valence-electron chi connectivity index (χ1n) is 9.47. The van der Waals surface area contributed by atoms with E-state index in [0.717, 1.165) is 24.2 Å². The summed E-state index contributed by atoms with van der Waals surface area (Å²) in [5.41, 5.74) is 1.01. The van der Waals surface area contributed by atoms with E-state index in [1.807, 2.05) is 11.0 Å². The number of benzene rings is 1. The minimum Gasteiger partial charge on any atom is -0.379 e. The molecule has 2 fully saturated rings. The third-order valence-electron chi connectivity index (χ3n) is 5.40. The van der Waals surface area contributed by atoms with Crippen LogP contribution in [0.4, 0.5) is 11.4 Å². The molecule has 0 bridgehead atoms. The fourth-order valence-electron chi connectivity index (χ4n) is 3.84. The monoisotopic (exact) mass is 385 g/mol. The minimum atomic E-state index is -0.379. The van der Waals surface area contributed by atoms with Crippen molar-refractivity contribution in [3.63, 3.8) is 0 Å². The van der Waals surface area contributed by atoms with Crippen LogP contribution in [-0.2, 0) is 9.53 Å². The Balaban J connectivity index is 1.44. The number of pyridine rings is 1. The zero-order chi connectivity index (χ0) is 19.5. The highest BCUT2D eigenvalue weighted by Gasteiger charge is 2.25. The Labute approximate surface area is 162 Å². The minimum absolute atomic E-state index is 0.0613. The number of fused-ring (bicyclic) bond motifs is 1. The first-order chi connectivity index (χ1) is 13.6. The summed E-state index contributed by atoms with van der Waals surface area (Å²) in [5.74, 6) is 0.152. The summed E-state index contributed by atoms with van der Waals surface area (Å²) in [6.45, 7) is 6.10. The van der Waals surface area contributed by atoms with Gasteiger partial charge in [-0.2, -0.15) is 0 Å². The number of amides is 1. The van der Waals surface area contributed by atoms with Gasteiger partial charge in [0.2, 0.25) is 5.91 Å². The Morgan fingerprint density at radius 3 is 2.54 bits per heavy atom. The van der Waals surface area contributed by atoms with Gasteiger partial charge in [0, 0.05) is 68.8 Å². The molecule has 0 unspecified atom stereocenters. The predicted molar refractivity (Wildman–Crippen MR) is 104 cm³/mol. The van der Waals surface area contributed by atoms with E-state index < -0.39 is 0 Å². The van der Waals surface area contributed by atoms with Crippen LogP contribution in [-0.4, -0.2) is 84.6 Å². The van der Waals surface area contributed by atoms with Crippen LogP contribution < -0.4 is 4.90 Å². The van der Waals surface area contributed by atoms with Crippen molar-refractivity contribution in [2.75, 3.05) is 63.9 Å². The highest BCUT2D eigenvalue weighted by molar-refractivity contribution is 5.99. The van der Waals surface area contributed by atoms with Crippen molar-refractivity contribution in [1.82, 2.24) is 14.8 Å². The number of anilines is 1. The highest BCUT2D eigenvalue weighted by Crippen LogP contribution is 2.33. The number of piperazine rings is 1. The normalized spacial score (nSPS) is 18.4. The summed E-state index contributed by atoms with van der Waals surface area (Å²) in [7, 11) is 0. The van der Waals surface area contributed by atoms with Crippen LogP contribution in [0.1, 0.15) is 0 Å². The molecule has 9 nitrogen and oxygen atoms in total. The number of nitro benzene ring substituents is 1. The third kappa shape index (κ3) is 3.76. The Morgan fingerprint density at radius 1 is 1.07 bits per heavy atom. The fourth-order valence-corrected chi connectivity index (χ4v) is 3.84. The van der Waals surface area contributed by atoms with Crippen LogP contribution in [0.3, 0.4) is 0 Å². The quantitative estimate of drug-likeness (QED) is 0.575. The first-order valence-corrected chi connectivity index (χ1v) is 9.47. The number of ether oxygens (including phenoxy) is 1. The molecule has 1 amide bonds. The molecule has 1 aromatic heterocycles. The van der Waals surface area contributed by atoms with Crippen molar-refractivity contribution in [2.24, 2.45) is 0 Å². The SMILES string of the molecule is O=C(CN1CCOCC1)N1CCN(c2ccc([N+](=O)[O-])c3cnccc23)CC1. The third-order valence-corrected chi connectivity index (χ3v) is 5.40. The largest absolute Gasteiger partial charge is 0.379 e. The van der Waals surface area contributed by atoms with Crippen molar-refractivity contribution in [2.45, 2.75) is 0 Å². The summed E-state index contributed by atoms with van der Waals surface area (Å²) in [5, 5.41) is 12.6. The van der Waals surface area contributed by atoms with Crippen molar-refractivity contribution in [3.8, 4) is 0 Å². The summed E-state index contributed by atoms with van der Waals surface area (Å²) in [6.07, 6.45) is 3.19. The second-order valence-corrected chi connectivity index (χ2v) is 7.04. The summed E-state index contributed by atoms with van der Waals surface area (Å²) in [6, 6.07) is 5.15. The van der Waals surface area contributed by atoms with E-state index in [-0.39, 0.29) is 16.5 Å². The molecule has 0 atom stereocenters. The number of nitrogens with zero attached hydrogens (tertiary/aromatic N) is 5. The zero-order valence-electron chi connectivity index (χ0n) is 15.6. The lowest BCUT2D eigenvalue weighted by Crippen LogP contribution is -2.52. The number of carbonyl (C=O) groups excluding carboxylic acids is 1. The molecular formula is C19H23N5O4. The smallest absolute Gasteiger partial charge is 0.278 e. The number of rotatable bonds is 4. The molecule has 28 heavy (non-hydrogen) atoms. The highest BCUT2D eigenvalue weighted by atomic mass is 16.6. The molecule has 4 rings (SSSR count). The van der Waals surface area contributed by atoms with E-state index in [1.165, 1.54) is 6.07 Å². The fraction of sp³-hybridized carbons (Fsp3) is 0.474. The van der Waals surface area contributed by atoms with Gasteiger partial charge in [0.25, 0.3) is 5.69 Å². The molecule has 0 saturated carbocycles. The van der Waals surface area contributed by atoms with Gasteiger partial charge in [0.15, 0.2) is 0 Å². The van der Waals surface area contributed by atoms with Gasteiger partial charge in [-0.1, -0.05) is 0 Å². The second kappa shape index (κ2) is 8.07. The van der Waals surface area contributed by atoms with E-state index in [9.17, 15) is 14.9 Å². The molecule has 148 valence electrons. The van der Waals surface area contributed by atoms with Gasteiger partial charge in [-0.15, -0.1) is 0 Å². The molecule has 2 aliphatic heterocycles. The van der Waals surface area contributed by atoms with Gasteiger partial charge >= 0.3 is 0 Å². The van der Waals surface area contributed by atoms with Gasteiger partial charge in [-0.25, -0.2) is 0 Å². The number of carbonyl (C=O) groups is 1. The molecule has 0 N–H and O–H groups in total. The Hall–Kier alpha value is -2.78. The van der Waals surface area contributed by atoms with Crippen molar-refractivity contribution < 1.29 is 14.5 Å². The Bertz CT molecular complexity index is 876. The second-order valence-electron chi connectivity index (χ2n) is 7.04. The molecule has 3 heterocycles. The average Bonchev–Trinajstić information content (AvgIpc) is 2.73. The van der Waals surface area contributed by atoms with Crippen LogP contribution in [0, 0.1) is 10.1 Å². The predicted octanol–water partition coefficient (Wildman–Crippen LogP) is 1.12. The van der Waals surface area contributed by atoms with E-state index in [2.05, 4.69) is 14.8 Å². The molecule has 2 saturated heterocycles. The summed E-state index contributed by atoms with van der Waals surface area (Å²) < 4.78 is 5.33. The van der Waals surface area contributed by atoms with Crippen LogP contribution in [0.2, 0.25) is 0 Å². The molecular weight excluding hydrogens is 362 g/mol. The van der Waals surface area contributed by atoms with Gasteiger partial charge in [-0.3, -0.25) is 24.8 Å². The van der Waals surface area contributed by atoms with E-state index >= 15 is 0 Å². The van der Waals surface area contributed by atoms with Gasteiger partial charge in [0.05, 0.1) is 30.1 Å². The van der Waals surface area contributed by atoms with E-state index in [0.29, 0.717) is 51.3 Å². The maximum atomic E-state index is 12.6. The number of nitro groups is 1. The zero-order valence-corrected chi connectivity index (χ0v) is 15.6. The molecule has 9 heteroatoms. The van der Waals surface area contributed by atoms with Gasteiger partial charge in [0.1, 0.15) is 0 Å². The van der Waals surface area contributed by atoms with Crippen molar-refractivity contribution in [3.05, 3.63) is 40.7 Å². The Morgan fingerprint density at radius 2 is 1.82 bits per heavy atom. The lowest BCUT2D eigenvalue weighted by Gasteiger charge is -2.37. The maximum Gasteiger partial charge on any atom is 0.278 e. The molecule has 0 aliphatic carbocycles. The topological polar surface area (TPSA) is 92.0 Å². The molecule has 0 spiro atoms. The number of non-ortho nitro benzene ring substituents is 1. The summed E-state index contributed by atoms with van der Waals surface area (Å²) in [4.78, 5) is 33.8. The van der Waals surface area contributed by atoms with Crippen LogP contribution in [0.15, 0.2) is 30.6 Å². The number of hydrogen-bond donors (Lipinski definition) is 0. The van der Waals surface area contributed by atoms with Crippen LogP contribution in [0.25, 0.3) is 10.8 Å².